The summed E-state index contributed by atoms with van der Waals surface area (Å²) < 4.78 is 28.2. The second kappa shape index (κ2) is 5.82. The van der Waals surface area contributed by atoms with Gasteiger partial charge in [0.15, 0.2) is 0 Å². The van der Waals surface area contributed by atoms with Crippen molar-refractivity contribution in [1.29, 1.82) is 0 Å². The number of nitrogens with zero attached hydrogens (tertiary/aromatic N) is 1. The van der Waals surface area contributed by atoms with Gasteiger partial charge < -0.3 is 14.7 Å². The lowest BCUT2D eigenvalue weighted by atomic mass is 10.3. The van der Waals surface area contributed by atoms with Crippen LogP contribution in [0, 0.1) is 0 Å². The van der Waals surface area contributed by atoms with E-state index in [0.717, 1.165) is 4.90 Å². The summed E-state index contributed by atoms with van der Waals surface area (Å²) >= 11 is 0. The molecule has 0 aromatic rings. The quantitative estimate of drug-likeness (QED) is 0.659. The fourth-order valence-corrected chi connectivity index (χ4v) is 0.818. The van der Waals surface area contributed by atoms with Crippen LogP contribution in [0.4, 0.5) is 8.78 Å². The molecule has 0 bridgehead atoms. The van der Waals surface area contributed by atoms with Gasteiger partial charge in [0.2, 0.25) is 0 Å². The zero-order valence-electron chi connectivity index (χ0n) is 7.54. The lowest BCUT2D eigenvalue weighted by Gasteiger charge is -2.19. The van der Waals surface area contributed by atoms with Crippen LogP contribution in [0.1, 0.15) is 0 Å². The number of hydrogen-bond donors (Lipinski definition) is 1. The molecule has 0 fully saturated rings. The van der Waals surface area contributed by atoms with Gasteiger partial charge in [-0.05, 0) is 0 Å². The number of rotatable bonds is 5. The monoisotopic (exact) mass is 197 g/mol. The third-order valence-electron chi connectivity index (χ3n) is 1.41. The van der Waals surface area contributed by atoms with Gasteiger partial charge in [0.25, 0.3) is 5.91 Å². The Bertz CT molecular complexity index is 166. The molecule has 4 nitrogen and oxygen atoms in total. The number of amides is 1. The molecule has 1 amide bonds. The highest BCUT2D eigenvalue weighted by molar-refractivity contribution is 5.79. The second-order valence-electron chi connectivity index (χ2n) is 2.63. The molecule has 0 aliphatic rings. The summed E-state index contributed by atoms with van der Waals surface area (Å²) in [5.74, 6) is -1.30. The Kier molecular flexibility index (Phi) is 5.48. The van der Waals surface area contributed by atoms with E-state index in [0.29, 0.717) is 0 Å². The normalized spacial score (nSPS) is 13.1. The lowest BCUT2D eigenvalue weighted by molar-refractivity contribution is -0.143. The molecule has 0 aliphatic heterocycles. The molecule has 78 valence electrons. The highest BCUT2D eigenvalue weighted by Gasteiger charge is 2.21. The number of ether oxygens (including phenoxy) is 1. The molecule has 0 saturated carbocycles. The molecule has 0 spiro atoms. The van der Waals surface area contributed by atoms with Crippen molar-refractivity contribution in [3.05, 3.63) is 0 Å². The average molecular weight is 197 g/mol. The van der Waals surface area contributed by atoms with Gasteiger partial charge in [-0.2, -0.15) is 8.78 Å². The maximum atomic E-state index is 11.8. The maximum absolute atomic E-state index is 11.8. The first-order valence-corrected chi connectivity index (χ1v) is 3.69. The molecule has 1 unspecified atom stereocenters. The topological polar surface area (TPSA) is 49.8 Å². The van der Waals surface area contributed by atoms with Crippen LogP contribution in [0.5, 0.6) is 0 Å². The lowest BCUT2D eigenvalue weighted by Crippen LogP contribution is -2.39. The van der Waals surface area contributed by atoms with Gasteiger partial charge in [0.1, 0.15) is 0 Å². The van der Waals surface area contributed by atoms with E-state index in [1.54, 1.807) is 0 Å². The number of methoxy groups -OCH3 is 1. The number of alkyl halides is 2. The molecular weight excluding hydrogens is 184 g/mol. The molecule has 0 aromatic heterocycles. The molecule has 0 rings (SSSR count). The predicted octanol–water partition coefficient (Wildman–Crippen LogP) is -0.283. The molecule has 13 heavy (non-hydrogen) atoms. The van der Waals surface area contributed by atoms with Crippen LogP contribution in [0.15, 0.2) is 0 Å². The van der Waals surface area contributed by atoms with E-state index in [9.17, 15) is 13.6 Å². The number of aliphatic hydroxyl groups excluding tert-OH is 1. The van der Waals surface area contributed by atoms with E-state index in [2.05, 4.69) is 4.74 Å². The Morgan fingerprint density at radius 3 is 2.54 bits per heavy atom. The van der Waals surface area contributed by atoms with Gasteiger partial charge >= 0.3 is 6.43 Å². The molecule has 0 heterocycles. The Morgan fingerprint density at radius 1 is 1.62 bits per heavy atom. The first kappa shape index (κ1) is 12.2. The molecule has 1 atom stereocenters. The molecule has 0 saturated heterocycles. The van der Waals surface area contributed by atoms with E-state index >= 15 is 0 Å². The van der Waals surface area contributed by atoms with Crippen LogP contribution in [0.3, 0.4) is 0 Å². The molecule has 6 heteroatoms. The van der Waals surface area contributed by atoms with E-state index in [1.807, 2.05) is 0 Å². The second-order valence-corrected chi connectivity index (χ2v) is 2.63. The molecule has 0 aromatic carbocycles. The SMILES string of the molecule is COCC(O)CN(C)C(=O)C(F)F. The van der Waals surface area contributed by atoms with Crippen molar-refractivity contribution >= 4 is 5.91 Å². The number of aliphatic hydroxyl groups is 1. The van der Waals surface area contributed by atoms with Crippen molar-refractivity contribution in [2.75, 3.05) is 27.3 Å². The number of likely N-dealkylation sites (N-methyl/N-ethyl adjacent to an activating group) is 1. The molecule has 0 radical (unpaired) electrons. The Morgan fingerprint density at radius 2 is 2.15 bits per heavy atom. The Hall–Kier alpha value is -0.750. The summed E-state index contributed by atoms with van der Waals surface area (Å²) in [6, 6.07) is 0. The summed E-state index contributed by atoms with van der Waals surface area (Å²) in [6.07, 6.45) is -3.96. The number of carbonyl (C=O) groups excluding carboxylic acids is 1. The van der Waals surface area contributed by atoms with Crippen LogP contribution < -0.4 is 0 Å². The first-order chi connectivity index (χ1) is 5.99. The van der Waals surface area contributed by atoms with Gasteiger partial charge in [-0.15, -0.1) is 0 Å². The summed E-state index contributed by atoms with van der Waals surface area (Å²) in [5.41, 5.74) is 0. The molecule has 0 aliphatic carbocycles. The minimum absolute atomic E-state index is 0.0147. The molecular formula is C7H13F2NO3. The third kappa shape index (κ3) is 4.74. The zero-order valence-corrected chi connectivity index (χ0v) is 7.54. The average Bonchev–Trinajstić information content (AvgIpc) is 2.03. The minimum atomic E-state index is -3.03. The number of hydrogen-bond acceptors (Lipinski definition) is 3. The highest BCUT2D eigenvalue weighted by Crippen LogP contribution is 1.99. The predicted molar refractivity (Wildman–Crippen MR) is 41.5 cm³/mol. The van der Waals surface area contributed by atoms with Crippen LogP contribution in [-0.4, -0.2) is 55.8 Å². The standard InChI is InChI=1S/C7H13F2NO3/c1-10(7(12)6(8)9)3-5(11)4-13-2/h5-6,11H,3-4H2,1-2H3. The van der Waals surface area contributed by atoms with Crippen LogP contribution in [0.2, 0.25) is 0 Å². The van der Waals surface area contributed by atoms with E-state index in [1.165, 1.54) is 14.2 Å². The largest absolute Gasteiger partial charge is 0.389 e. The van der Waals surface area contributed by atoms with Crippen molar-refractivity contribution in [3.63, 3.8) is 0 Å². The van der Waals surface area contributed by atoms with Crippen LogP contribution in [0.25, 0.3) is 0 Å². The van der Waals surface area contributed by atoms with Gasteiger partial charge in [-0.25, -0.2) is 0 Å². The van der Waals surface area contributed by atoms with Crippen LogP contribution in [-0.2, 0) is 9.53 Å². The summed E-state index contributed by atoms with van der Waals surface area (Å²) in [7, 11) is 2.57. The maximum Gasteiger partial charge on any atom is 0.315 e. The minimum Gasteiger partial charge on any atom is -0.389 e. The zero-order chi connectivity index (χ0) is 10.4. The van der Waals surface area contributed by atoms with Gasteiger partial charge in [0, 0.05) is 20.7 Å². The van der Waals surface area contributed by atoms with Crippen molar-refractivity contribution in [2.24, 2.45) is 0 Å². The smallest absolute Gasteiger partial charge is 0.315 e. The fourth-order valence-electron chi connectivity index (χ4n) is 0.818. The summed E-state index contributed by atoms with van der Waals surface area (Å²) in [6.45, 7) is -0.141. The van der Waals surface area contributed by atoms with Gasteiger partial charge in [0.05, 0.1) is 12.7 Å². The number of carbonyl (C=O) groups is 1. The van der Waals surface area contributed by atoms with Gasteiger partial charge in [-0.1, -0.05) is 0 Å². The van der Waals surface area contributed by atoms with E-state index in [-0.39, 0.29) is 13.2 Å². The Labute approximate surface area is 75.1 Å². The van der Waals surface area contributed by atoms with E-state index in [4.69, 9.17) is 5.11 Å². The third-order valence-corrected chi connectivity index (χ3v) is 1.41. The van der Waals surface area contributed by atoms with Crippen LogP contribution >= 0.6 is 0 Å². The Balaban J connectivity index is 3.85. The fraction of sp³-hybridized carbons (Fsp3) is 0.857. The first-order valence-electron chi connectivity index (χ1n) is 3.69. The summed E-state index contributed by atoms with van der Waals surface area (Å²) in [4.78, 5) is 11.4. The van der Waals surface area contributed by atoms with Crippen molar-refractivity contribution in [1.82, 2.24) is 4.90 Å². The number of halogens is 2. The molecule has 1 N–H and O–H groups in total. The summed E-state index contributed by atoms with van der Waals surface area (Å²) in [5, 5.41) is 9.09. The highest BCUT2D eigenvalue weighted by atomic mass is 19.3. The van der Waals surface area contributed by atoms with Crippen molar-refractivity contribution in [2.45, 2.75) is 12.5 Å². The van der Waals surface area contributed by atoms with Gasteiger partial charge in [-0.3, -0.25) is 4.79 Å². The van der Waals surface area contributed by atoms with E-state index < -0.39 is 18.4 Å². The van der Waals surface area contributed by atoms with Crippen molar-refractivity contribution in [3.8, 4) is 0 Å². The van der Waals surface area contributed by atoms with Crippen molar-refractivity contribution < 1.29 is 23.4 Å².